The Morgan fingerprint density at radius 1 is 1.62 bits per heavy atom. The van der Waals surface area contributed by atoms with Crippen molar-refractivity contribution in [1.82, 2.24) is 10.6 Å². The van der Waals surface area contributed by atoms with E-state index in [1.165, 1.54) is 0 Å². The average Bonchev–Trinajstić information content (AvgIpc) is 2.51. The second-order valence-corrected chi connectivity index (χ2v) is 2.79. The predicted octanol–water partition coefficient (Wildman–Crippen LogP) is 0.541. The summed E-state index contributed by atoms with van der Waals surface area (Å²) in [6.45, 7) is 0.254. The third-order valence-electron chi connectivity index (χ3n) is 1.81. The van der Waals surface area contributed by atoms with Crippen LogP contribution in [0.1, 0.15) is 12.8 Å². The molecule has 0 aliphatic carbocycles. The summed E-state index contributed by atoms with van der Waals surface area (Å²) >= 11 is 0. The molecule has 1 rings (SSSR count). The Morgan fingerprint density at radius 3 is 2.77 bits per heavy atom. The van der Waals surface area contributed by atoms with Gasteiger partial charge in [-0.15, -0.1) is 12.4 Å². The molecule has 0 aromatic carbocycles. The number of nitrogens with one attached hydrogen (secondary N) is 2. The normalized spacial score (nSPS) is 21.3. The van der Waals surface area contributed by atoms with Gasteiger partial charge in [-0.1, -0.05) is 0 Å². The zero-order chi connectivity index (χ0) is 8.97. The molecule has 0 radical (unpaired) electrons. The quantitative estimate of drug-likeness (QED) is 0.720. The highest BCUT2D eigenvalue weighted by atomic mass is 35.5. The lowest BCUT2D eigenvalue weighted by molar-refractivity contribution is -0.123. The molecular formula is C7H13ClF2N2O. The molecule has 1 atom stereocenters. The van der Waals surface area contributed by atoms with Gasteiger partial charge < -0.3 is 10.6 Å². The fourth-order valence-corrected chi connectivity index (χ4v) is 1.21. The molecule has 3 nitrogen and oxygen atoms in total. The second-order valence-electron chi connectivity index (χ2n) is 2.79. The molecule has 1 aliphatic heterocycles. The van der Waals surface area contributed by atoms with Gasteiger partial charge in [0.2, 0.25) is 5.91 Å². The van der Waals surface area contributed by atoms with Gasteiger partial charge in [-0.05, 0) is 19.4 Å². The van der Waals surface area contributed by atoms with Crippen LogP contribution in [0.3, 0.4) is 0 Å². The van der Waals surface area contributed by atoms with Gasteiger partial charge in [0.25, 0.3) is 6.43 Å². The van der Waals surface area contributed by atoms with Crippen molar-refractivity contribution in [2.24, 2.45) is 0 Å². The number of halogens is 3. The Labute approximate surface area is 81.7 Å². The van der Waals surface area contributed by atoms with Crippen LogP contribution in [0, 0.1) is 0 Å². The molecule has 1 saturated heterocycles. The Kier molecular flexibility index (Phi) is 5.90. The minimum absolute atomic E-state index is 0. The molecule has 6 heteroatoms. The summed E-state index contributed by atoms with van der Waals surface area (Å²) in [6.07, 6.45) is -0.780. The minimum Gasteiger partial charge on any atom is -0.349 e. The number of hydrogen-bond donors (Lipinski definition) is 2. The molecule has 13 heavy (non-hydrogen) atoms. The van der Waals surface area contributed by atoms with Gasteiger partial charge >= 0.3 is 0 Å². The first-order valence-electron chi connectivity index (χ1n) is 3.99. The number of amides is 1. The average molecular weight is 215 g/mol. The van der Waals surface area contributed by atoms with E-state index >= 15 is 0 Å². The number of alkyl halides is 2. The molecule has 1 unspecified atom stereocenters. The van der Waals surface area contributed by atoms with Gasteiger partial charge in [0.1, 0.15) is 0 Å². The van der Waals surface area contributed by atoms with Crippen molar-refractivity contribution in [3.63, 3.8) is 0 Å². The maximum Gasteiger partial charge on any atom is 0.255 e. The fraction of sp³-hybridized carbons (Fsp3) is 0.857. The zero-order valence-electron chi connectivity index (χ0n) is 7.06. The highest BCUT2D eigenvalue weighted by Crippen LogP contribution is 2.04. The van der Waals surface area contributed by atoms with E-state index in [0.29, 0.717) is 0 Å². The number of hydrogen-bond acceptors (Lipinski definition) is 2. The molecule has 0 saturated carbocycles. The second kappa shape index (κ2) is 6.10. The van der Waals surface area contributed by atoms with Crippen LogP contribution in [0.15, 0.2) is 0 Å². The van der Waals surface area contributed by atoms with Crippen molar-refractivity contribution in [2.45, 2.75) is 25.3 Å². The zero-order valence-corrected chi connectivity index (χ0v) is 7.87. The number of carbonyl (C=O) groups excluding carboxylic acids is 1. The maximum absolute atomic E-state index is 11.6. The van der Waals surface area contributed by atoms with E-state index in [2.05, 4.69) is 10.6 Å². The van der Waals surface area contributed by atoms with E-state index in [4.69, 9.17) is 0 Å². The van der Waals surface area contributed by atoms with Crippen LogP contribution < -0.4 is 10.6 Å². The Hall–Kier alpha value is -0.420. The Morgan fingerprint density at radius 2 is 2.31 bits per heavy atom. The van der Waals surface area contributed by atoms with E-state index in [9.17, 15) is 13.6 Å². The van der Waals surface area contributed by atoms with Crippen LogP contribution in [0.25, 0.3) is 0 Å². The molecule has 78 valence electrons. The van der Waals surface area contributed by atoms with Crippen LogP contribution in [-0.2, 0) is 4.79 Å². The van der Waals surface area contributed by atoms with Crippen LogP contribution in [0.2, 0.25) is 0 Å². The molecule has 0 bridgehead atoms. The monoisotopic (exact) mass is 214 g/mol. The highest BCUT2D eigenvalue weighted by molar-refractivity contribution is 5.85. The van der Waals surface area contributed by atoms with Crippen molar-refractivity contribution >= 4 is 18.3 Å². The lowest BCUT2D eigenvalue weighted by Gasteiger charge is -2.09. The molecule has 0 aromatic heterocycles. The van der Waals surface area contributed by atoms with Gasteiger partial charge in [-0.2, -0.15) is 0 Å². The fourth-order valence-electron chi connectivity index (χ4n) is 1.21. The van der Waals surface area contributed by atoms with Crippen LogP contribution >= 0.6 is 12.4 Å². The number of carbonyl (C=O) groups is 1. The van der Waals surface area contributed by atoms with Gasteiger partial charge in [0, 0.05) is 0 Å². The maximum atomic E-state index is 11.6. The summed E-state index contributed by atoms with van der Waals surface area (Å²) in [6, 6.07) is -0.260. The topological polar surface area (TPSA) is 41.1 Å². The van der Waals surface area contributed by atoms with E-state index in [1.54, 1.807) is 0 Å². The molecule has 1 fully saturated rings. The lowest BCUT2D eigenvalue weighted by Crippen LogP contribution is -2.42. The summed E-state index contributed by atoms with van der Waals surface area (Å²) in [5, 5.41) is 5.10. The summed E-state index contributed by atoms with van der Waals surface area (Å²) in [7, 11) is 0. The van der Waals surface area contributed by atoms with E-state index < -0.39 is 13.0 Å². The molecule has 1 heterocycles. The predicted molar refractivity (Wildman–Crippen MR) is 47.3 cm³/mol. The smallest absolute Gasteiger partial charge is 0.255 e. The van der Waals surface area contributed by atoms with E-state index in [0.717, 1.165) is 19.4 Å². The third-order valence-corrected chi connectivity index (χ3v) is 1.81. The van der Waals surface area contributed by atoms with Gasteiger partial charge in [0.05, 0.1) is 12.6 Å². The van der Waals surface area contributed by atoms with E-state index in [1.807, 2.05) is 0 Å². The molecule has 0 aromatic rings. The Balaban J connectivity index is 0.00000144. The Bertz CT molecular complexity index is 163. The molecule has 1 aliphatic rings. The minimum atomic E-state index is -2.46. The summed E-state index contributed by atoms with van der Waals surface area (Å²) in [4.78, 5) is 11.0. The van der Waals surface area contributed by atoms with Gasteiger partial charge in [-0.3, -0.25) is 4.79 Å². The number of rotatable bonds is 3. The van der Waals surface area contributed by atoms with Crippen LogP contribution in [-0.4, -0.2) is 31.5 Å². The van der Waals surface area contributed by atoms with Crippen molar-refractivity contribution in [2.75, 3.05) is 13.1 Å². The first-order valence-corrected chi connectivity index (χ1v) is 3.99. The molecule has 1 amide bonds. The van der Waals surface area contributed by atoms with E-state index in [-0.39, 0.29) is 24.4 Å². The van der Waals surface area contributed by atoms with Crippen molar-refractivity contribution in [3.05, 3.63) is 0 Å². The largest absolute Gasteiger partial charge is 0.349 e. The molecule has 0 spiro atoms. The molecular weight excluding hydrogens is 202 g/mol. The molecule has 2 N–H and O–H groups in total. The van der Waals surface area contributed by atoms with Gasteiger partial charge in [-0.25, -0.2) is 8.78 Å². The first kappa shape index (κ1) is 12.6. The summed E-state index contributed by atoms with van der Waals surface area (Å²) in [5.41, 5.74) is 0. The van der Waals surface area contributed by atoms with Crippen molar-refractivity contribution < 1.29 is 13.6 Å². The summed E-state index contributed by atoms with van der Waals surface area (Å²) in [5.74, 6) is -0.312. The van der Waals surface area contributed by atoms with Crippen LogP contribution in [0.5, 0.6) is 0 Å². The highest BCUT2D eigenvalue weighted by Gasteiger charge is 2.21. The van der Waals surface area contributed by atoms with Crippen molar-refractivity contribution in [3.8, 4) is 0 Å². The van der Waals surface area contributed by atoms with Gasteiger partial charge in [0.15, 0.2) is 0 Å². The SMILES string of the molecule is Cl.O=C(NCC(F)F)C1CCCN1. The summed E-state index contributed by atoms with van der Waals surface area (Å²) < 4.78 is 23.3. The standard InChI is InChI=1S/C7H12F2N2O.ClH/c8-6(9)4-11-7(12)5-2-1-3-10-5;/h5-6,10H,1-4H2,(H,11,12);1H. The lowest BCUT2D eigenvalue weighted by atomic mass is 10.2. The van der Waals surface area contributed by atoms with Crippen molar-refractivity contribution in [1.29, 1.82) is 0 Å². The van der Waals surface area contributed by atoms with Crippen LogP contribution in [0.4, 0.5) is 8.78 Å². The first-order chi connectivity index (χ1) is 5.70. The third kappa shape index (κ3) is 4.38.